The van der Waals surface area contributed by atoms with Crippen molar-refractivity contribution >= 4 is 33.1 Å². The average Bonchev–Trinajstić information content (AvgIpc) is 2.80. The van der Waals surface area contributed by atoms with Gasteiger partial charge in [0.15, 0.2) is 0 Å². The maximum Gasteiger partial charge on any atom is 0.229 e. The van der Waals surface area contributed by atoms with E-state index in [0.717, 1.165) is 70.4 Å². The summed E-state index contributed by atoms with van der Waals surface area (Å²) in [6.07, 6.45) is 5.92. The fourth-order valence-corrected chi connectivity index (χ4v) is 5.92. The molecule has 4 rings (SSSR count). The molecule has 34 heavy (non-hydrogen) atoms. The van der Waals surface area contributed by atoms with Gasteiger partial charge in [0.05, 0.1) is 23.2 Å². The molecule has 0 amide bonds. The first-order chi connectivity index (χ1) is 16.2. The van der Waals surface area contributed by atoms with Gasteiger partial charge in [0, 0.05) is 38.3 Å². The van der Waals surface area contributed by atoms with Gasteiger partial charge < -0.3 is 4.90 Å². The molecule has 2 fully saturated rings. The first-order valence-corrected chi connectivity index (χ1v) is 14.1. The van der Waals surface area contributed by atoms with Crippen LogP contribution in [0.4, 0.5) is 15.9 Å². The molecule has 1 N–H and O–H groups in total. The lowest BCUT2D eigenvalue weighted by molar-refractivity contribution is 0.0610. The highest BCUT2D eigenvalue weighted by Gasteiger charge is 2.34. The Balaban J connectivity index is 1.34. The van der Waals surface area contributed by atoms with Gasteiger partial charge in [-0.15, -0.1) is 0 Å². The van der Waals surface area contributed by atoms with Crippen LogP contribution in [0.3, 0.4) is 0 Å². The van der Waals surface area contributed by atoms with Gasteiger partial charge in [-0.1, -0.05) is 30.7 Å². The summed E-state index contributed by atoms with van der Waals surface area (Å²) in [6.45, 7) is 7.80. The number of likely N-dealkylation sites (tertiary alicyclic amines) is 1. The lowest BCUT2D eigenvalue weighted by Crippen LogP contribution is -2.58. The van der Waals surface area contributed by atoms with Crippen LogP contribution in [0.5, 0.6) is 0 Å². The first kappa shape index (κ1) is 25.2. The van der Waals surface area contributed by atoms with Crippen molar-refractivity contribution in [3.63, 3.8) is 0 Å². The second-order valence-electron chi connectivity index (χ2n) is 9.28. The minimum absolute atomic E-state index is 0.190. The number of piperazine rings is 1. The van der Waals surface area contributed by atoms with E-state index in [1.165, 1.54) is 18.3 Å². The van der Waals surface area contributed by atoms with Crippen LogP contribution in [-0.4, -0.2) is 74.3 Å². The van der Waals surface area contributed by atoms with Gasteiger partial charge in [0.2, 0.25) is 10.0 Å². The van der Waals surface area contributed by atoms with Crippen LogP contribution in [0.1, 0.15) is 31.7 Å². The van der Waals surface area contributed by atoms with Gasteiger partial charge in [0.1, 0.15) is 11.6 Å². The molecular weight excluding hydrogens is 477 g/mol. The molecule has 2 saturated heterocycles. The topological polar surface area (TPSA) is 68.8 Å². The van der Waals surface area contributed by atoms with Crippen LogP contribution in [0, 0.1) is 5.82 Å². The standard InChI is InChI=1S/C24H33ClFN5O2S/c1-3-21-17-30(24-23(25)14-20(15-27-24)28-34(2,32)33)12-13-31(21)22-8-10-29(11-9-22)16-18-4-6-19(26)7-5-18/h4-7,14-15,21-22,28H,3,8-13,16-17H2,1-2H3/t21-/m0/s1. The summed E-state index contributed by atoms with van der Waals surface area (Å²) in [5.74, 6) is 0.512. The van der Waals surface area contributed by atoms with Crippen molar-refractivity contribution in [2.45, 2.75) is 44.8 Å². The normalized spacial score (nSPS) is 21.1. The number of hydrogen-bond acceptors (Lipinski definition) is 6. The van der Waals surface area contributed by atoms with Crippen LogP contribution in [0.2, 0.25) is 5.02 Å². The number of hydrogen-bond donors (Lipinski definition) is 1. The van der Waals surface area contributed by atoms with Crippen molar-refractivity contribution < 1.29 is 12.8 Å². The fourth-order valence-electron chi connectivity index (χ4n) is 5.10. The third kappa shape index (κ3) is 6.38. The molecule has 1 aromatic heterocycles. The van der Waals surface area contributed by atoms with Crippen molar-refractivity contribution in [2.75, 3.05) is 48.6 Å². The number of anilines is 2. The zero-order valence-corrected chi connectivity index (χ0v) is 21.3. The molecule has 0 radical (unpaired) electrons. The zero-order chi connectivity index (χ0) is 24.3. The first-order valence-electron chi connectivity index (χ1n) is 11.8. The van der Waals surface area contributed by atoms with Crippen molar-refractivity contribution in [3.8, 4) is 0 Å². The number of pyridine rings is 1. The van der Waals surface area contributed by atoms with Crippen molar-refractivity contribution in [2.24, 2.45) is 0 Å². The molecular formula is C24H33ClFN5O2S. The number of benzene rings is 1. The maximum atomic E-state index is 13.2. The van der Waals surface area contributed by atoms with Crippen molar-refractivity contribution in [1.82, 2.24) is 14.8 Å². The molecule has 186 valence electrons. The van der Waals surface area contributed by atoms with E-state index in [0.29, 0.717) is 28.6 Å². The molecule has 1 atom stereocenters. The summed E-state index contributed by atoms with van der Waals surface area (Å²) in [7, 11) is -3.38. The quantitative estimate of drug-likeness (QED) is 0.612. The third-order valence-corrected chi connectivity index (χ3v) is 7.65. The summed E-state index contributed by atoms with van der Waals surface area (Å²) in [5.41, 5.74) is 1.52. The van der Waals surface area contributed by atoms with Crippen LogP contribution >= 0.6 is 11.6 Å². The lowest BCUT2D eigenvalue weighted by atomic mass is 9.98. The van der Waals surface area contributed by atoms with E-state index in [2.05, 4.69) is 31.3 Å². The summed E-state index contributed by atoms with van der Waals surface area (Å²) in [4.78, 5) is 11.8. The fraction of sp³-hybridized carbons (Fsp3) is 0.542. The van der Waals surface area contributed by atoms with E-state index in [4.69, 9.17) is 11.6 Å². The molecule has 2 aliphatic rings. The predicted molar refractivity (Wildman–Crippen MR) is 135 cm³/mol. The average molecular weight is 510 g/mol. The van der Waals surface area contributed by atoms with E-state index in [-0.39, 0.29) is 5.82 Å². The van der Waals surface area contributed by atoms with E-state index in [1.54, 1.807) is 6.07 Å². The van der Waals surface area contributed by atoms with Crippen LogP contribution in [0.15, 0.2) is 36.5 Å². The Morgan fingerprint density at radius 2 is 1.85 bits per heavy atom. The summed E-state index contributed by atoms with van der Waals surface area (Å²) >= 11 is 6.48. The number of sulfonamides is 1. The largest absolute Gasteiger partial charge is 0.353 e. The molecule has 0 unspecified atom stereocenters. The second kappa shape index (κ2) is 10.8. The number of piperidine rings is 1. The van der Waals surface area contributed by atoms with Crippen LogP contribution < -0.4 is 9.62 Å². The Hall–Kier alpha value is -1.94. The van der Waals surface area contributed by atoms with Gasteiger partial charge in [0.25, 0.3) is 0 Å². The van der Waals surface area contributed by atoms with E-state index in [1.807, 2.05) is 12.1 Å². The summed E-state index contributed by atoms with van der Waals surface area (Å²) in [5, 5.41) is 0.450. The predicted octanol–water partition coefficient (Wildman–Crippen LogP) is 3.81. The van der Waals surface area contributed by atoms with Crippen LogP contribution in [0.25, 0.3) is 0 Å². The number of rotatable bonds is 7. The highest BCUT2D eigenvalue weighted by molar-refractivity contribution is 7.92. The molecule has 0 bridgehead atoms. The van der Waals surface area contributed by atoms with E-state index < -0.39 is 10.0 Å². The smallest absolute Gasteiger partial charge is 0.229 e. The molecule has 0 saturated carbocycles. The molecule has 1 aromatic carbocycles. The number of aromatic nitrogens is 1. The van der Waals surface area contributed by atoms with Crippen LogP contribution in [-0.2, 0) is 16.6 Å². The Morgan fingerprint density at radius 3 is 2.47 bits per heavy atom. The molecule has 0 aliphatic carbocycles. The van der Waals surface area contributed by atoms with Gasteiger partial charge in [-0.25, -0.2) is 17.8 Å². The minimum atomic E-state index is -3.38. The Kier molecular flexibility index (Phi) is 7.97. The molecule has 7 nitrogen and oxygen atoms in total. The molecule has 10 heteroatoms. The van der Waals surface area contributed by atoms with Gasteiger partial charge >= 0.3 is 0 Å². The summed E-state index contributed by atoms with van der Waals surface area (Å²) < 4.78 is 38.5. The second-order valence-corrected chi connectivity index (χ2v) is 11.4. The zero-order valence-electron chi connectivity index (χ0n) is 19.8. The Bertz CT molecular complexity index is 1080. The van der Waals surface area contributed by atoms with Crippen molar-refractivity contribution in [3.05, 3.63) is 52.9 Å². The highest BCUT2D eigenvalue weighted by atomic mass is 35.5. The number of halogens is 2. The number of nitrogens with one attached hydrogen (secondary N) is 1. The monoisotopic (exact) mass is 509 g/mol. The van der Waals surface area contributed by atoms with E-state index >= 15 is 0 Å². The number of nitrogens with zero attached hydrogens (tertiary/aromatic N) is 4. The van der Waals surface area contributed by atoms with Gasteiger partial charge in [-0.3, -0.25) is 14.5 Å². The SMILES string of the molecule is CC[C@H]1CN(c2ncc(NS(C)(=O)=O)cc2Cl)CCN1C1CCN(Cc2ccc(F)cc2)CC1. The van der Waals surface area contributed by atoms with Crippen molar-refractivity contribution in [1.29, 1.82) is 0 Å². The lowest BCUT2D eigenvalue weighted by Gasteiger charge is -2.47. The van der Waals surface area contributed by atoms with E-state index in [9.17, 15) is 12.8 Å². The summed E-state index contributed by atoms with van der Waals surface area (Å²) in [6, 6.07) is 9.40. The van der Waals surface area contributed by atoms with Gasteiger partial charge in [-0.05, 0) is 56.1 Å². The Labute approximate surface area is 206 Å². The highest BCUT2D eigenvalue weighted by Crippen LogP contribution is 2.30. The molecule has 2 aliphatic heterocycles. The molecule has 2 aromatic rings. The van der Waals surface area contributed by atoms with Gasteiger partial charge in [-0.2, -0.15) is 0 Å². The molecule has 3 heterocycles. The maximum absolute atomic E-state index is 13.2. The molecule has 0 spiro atoms. The minimum Gasteiger partial charge on any atom is -0.353 e. The Morgan fingerprint density at radius 1 is 1.15 bits per heavy atom. The third-order valence-electron chi connectivity index (χ3n) is 6.77.